The van der Waals surface area contributed by atoms with E-state index in [0.717, 1.165) is 31.6 Å². The van der Waals surface area contributed by atoms with Crippen LogP contribution < -0.4 is 15.8 Å². The van der Waals surface area contributed by atoms with Crippen LogP contribution in [0.15, 0.2) is 12.1 Å². The SMILES string of the molecule is COc1cc(C)c2c(c1)CCC(CCN)N2. The van der Waals surface area contributed by atoms with Gasteiger partial charge in [0.2, 0.25) is 0 Å². The standard InChI is InChI=1S/C13H20N2O/c1-9-7-12(16-2)8-10-3-4-11(5-6-14)15-13(9)10/h7-8,11,15H,3-6,14H2,1-2H3. The third-order valence-electron chi connectivity index (χ3n) is 3.25. The van der Waals surface area contributed by atoms with E-state index in [9.17, 15) is 0 Å². The molecular weight excluding hydrogens is 200 g/mol. The summed E-state index contributed by atoms with van der Waals surface area (Å²) in [6.45, 7) is 2.88. The molecule has 0 saturated heterocycles. The Morgan fingerprint density at radius 2 is 2.31 bits per heavy atom. The highest BCUT2D eigenvalue weighted by Gasteiger charge is 2.19. The fourth-order valence-corrected chi connectivity index (χ4v) is 2.37. The molecule has 0 fully saturated rings. The van der Waals surface area contributed by atoms with Crippen molar-refractivity contribution in [3.63, 3.8) is 0 Å². The third kappa shape index (κ3) is 2.14. The monoisotopic (exact) mass is 220 g/mol. The van der Waals surface area contributed by atoms with Gasteiger partial charge in [-0.15, -0.1) is 0 Å². The van der Waals surface area contributed by atoms with Crippen molar-refractivity contribution in [2.24, 2.45) is 5.73 Å². The van der Waals surface area contributed by atoms with Gasteiger partial charge in [-0.3, -0.25) is 0 Å². The van der Waals surface area contributed by atoms with Crippen LogP contribution in [0, 0.1) is 6.92 Å². The molecule has 1 aliphatic heterocycles. The van der Waals surface area contributed by atoms with E-state index in [1.807, 2.05) is 0 Å². The Labute approximate surface area is 97.0 Å². The number of benzene rings is 1. The summed E-state index contributed by atoms with van der Waals surface area (Å²) in [6, 6.07) is 4.74. The molecule has 1 heterocycles. The summed E-state index contributed by atoms with van der Waals surface area (Å²) in [6.07, 6.45) is 3.33. The lowest BCUT2D eigenvalue weighted by molar-refractivity contribution is 0.413. The Kier molecular flexibility index (Phi) is 3.34. The van der Waals surface area contributed by atoms with Gasteiger partial charge in [0.15, 0.2) is 0 Å². The van der Waals surface area contributed by atoms with Gasteiger partial charge in [-0.25, -0.2) is 0 Å². The lowest BCUT2D eigenvalue weighted by Gasteiger charge is -2.28. The summed E-state index contributed by atoms with van der Waals surface area (Å²) >= 11 is 0. The van der Waals surface area contributed by atoms with E-state index >= 15 is 0 Å². The number of methoxy groups -OCH3 is 1. The normalized spacial score (nSPS) is 18.8. The average molecular weight is 220 g/mol. The summed E-state index contributed by atoms with van der Waals surface area (Å²) in [5, 5.41) is 3.58. The number of nitrogens with two attached hydrogens (primary N) is 1. The van der Waals surface area contributed by atoms with Crippen molar-refractivity contribution in [1.82, 2.24) is 0 Å². The summed E-state index contributed by atoms with van der Waals surface area (Å²) in [5.74, 6) is 0.954. The number of rotatable bonds is 3. The van der Waals surface area contributed by atoms with Crippen LogP contribution in [0.4, 0.5) is 5.69 Å². The van der Waals surface area contributed by atoms with E-state index in [2.05, 4.69) is 24.4 Å². The largest absolute Gasteiger partial charge is 0.497 e. The number of hydrogen-bond donors (Lipinski definition) is 2. The van der Waals surface area contributed by atoms with Crippen LogP contribution in [0.2, 0.25) is 0 Å². The van der Waals surface area contributed by atoms with Crippen LogP contribution in [-0.2, 0) is 6.42 Å². The van der Waals surface area contributed by atoms with Crippen molar-refractivity contribution in [2.75, 3.05) is 19.0 Å². The highest BCUT2D eigenvalue weighted by molar-refractivity contribution is 5.62. The number of ether oxygens (including phenoxy) is 1. The van der Waals surface area contributed by atoms with Gasteiger partial charge in [0.05, 0.1) is 7.11 Å². The quantitative estimate of drug-likeness (QED) is 0.820. The zero-order chi connectivity index (χ0) is 11.5. The van der Waals surface area contributed by atoms with E-state index in [-0.39, 0.29) is 0 Å². The van der Waals surface area contributed by atoms with Crippen LogP contribution in [0.1, 0.15) is 24.0 Å². The van der Waals surface area contributed by atoms with Crippen LogP contribution in [0.5, 0.6) is 5.75 Å². The molecule has 1 aromatic rings. The molecule has 0 radical (unpaired) electrons. The zero-order valence-electron chi connectivity index (χ0n) is 10.0. The number of hydrogen-bond acceptors (Lipinski definition) is 3. The second-order valence-electron chi connectivity index (χ2n) is 4.44. The van der Waals surface area contributed by atoms with Gasteiger partial charge in [-0.05, 0) is 56.0 Å². The second-order valence-corrected chi connectivity index (χ2v) is 4.44. The van der Waals surface area contributed by atoms with Gasteiger partial charge >= 0.3 is 0 Å². The van der Waals surface area contributed by atoms with Crippen LogP contribution >= 0.6 is 0 Å². The fourth-order valence-electron chi connectivity index (χ4n) is 2.37. The van der Waals surface area contributed by atoms with Gasteiger partial charge in [0.25, 0.3) is 0 Å². The first kappa shape index (κ1) is 11.3. The van der Waals surface area contributed by atoms with Crippen molar-refractivity contribution in [3.05, 3.63) is 23.3 Å². The molecule has 16 heavy (non-hydrogen) atoms. The molecule has 0 amide bonds. The summed E-state index contributed by atoms with van der Waals surface area (Å²) in [5.41, 5.74) is 9.51. The molecule has 0 saturated carbocycles. The minimum atomic E-state index is 0.532. The van der Waals surface area contributed by atoms with Crippen molar-refractivity contribution in [2.45, 2.75) is 32.2 Å². The van der Waals surface area contributed by atoms with Crippen molar-refractivity contribution in [3.8, 4) is 5.75 Å². The van der Waals surface area contributed by atoms with Gasteiger partial charge in [-0.1, -0.05) is 0 Å². The van der Waals surface area contributed by atoms with Crippen LogP contribution in [0.3, 0.4) is 0 Å². The minimum Gasteiger partial charge on any atom is -0.497 e. The topological polar surface area (TPSA) is 47.3 Å². The molecule has 3 heteroatoms. The van der Waals surface area contributed by atoms with Gasteiger partial charge in [0, 0.05) is 11.7 Å². The molecule has 0 bridgehead atoms. The predicted octanol–water partition coefficient (Wildman–Crippen LogP) is 2.08. The van der Waals surface area contributed by atoms with Crippen molar-refractivity contribution < 1.29 is 4.74 Å². The highest BCUT2D eigenvalue weighted by Crippen LogP contribution is 2.32. The highest BCUT2D eigenvalue weighted by atomic mass is 16.5. The number of fused-ring (bicyclic) bond motifs is 1. The molecular formula is C13H20N2O. The Hall–Kier alpha value is -1.22. The Morgan fingerprint density at radius 1 is 1.50 bits per heavy atom. The lowest BCUT2D eigenvalue weighted by Crippen LogP contribution is -2.28. The second kappa shape index (κ2) is 4.74. The van der Waals surface area contributed by atoms with E-state index in [0.29, 0.717) is 6.04 Å². The molecule has 0 aromatic heterocycles. The maximum absolute atomic E-state index is 5.60. The molecule has 0 aliphatic carbocycles. The number of nitrogens with one attached hydrogen (secondary N) is 1. The molecule has 2 rings (SSSR count). The molecule has 0 spiro atoms. The van der Waals surface area contributed by atoms with Crippen molar-refractivity contribution >= 4 is 5.69 Å². The van der Waals surface area contributed by atoms with E-state index < -0.39 is 0 Å². The van der Waals surface area contributed by atoms with Crippen LogP contribution in [-0.4, -0.2) is 19.7 Å². The first-order valence-electron chi connectivity index (χ1n) is 5.88. The maximum atomic E-state index is 5.60. The molecule has 3 N–H and O–H groups in total. The molecule has 1 aromatic carbocycles. The first-order chi connectivity index (χ1) is 7.74. The molecule has 1 aliphatic rings. The van der Waals surface area contributed by atoms with Crippen LogP contribution in [0.25, 0.3) is 0 Å². The Morgan fingerprint density at radius 3 is 3.00 bits per heavy atom. The molecule has 1 atom stereocenters. The van der Waals surface area contributed by atoms with Gasteiger partial charge < -0.3 is 15.8 Å². The third-order valence-corrected chi connectivity index (χ3v) is 3.25. The van der Waals surface area contributed by atoms with Gasteiger partial charge in [0.1, 0.15) is 5.75 Å². The Bertz CT molecular complexity index is 376. The number of aryl methyl sites for hydroxylation is 2. The summed E-state index contributed by atoms with van der Waals surface area (Å²) in [4.78, 5) is 0. The van der Waals surface area contributed by atoms with E-state index in [4.69, 9.17) is 10.5 Å². The van der Waals surface area contributed by atoms with Crippen molar-refractivity contribution in [1.29, 1.82) is 0 Å². The van der Waals surface area contributed by atoms with E-state index in [1.54, 1.807) is 7.11 Å². The Balaban J connectivity index is 2.25. The fraction of sp³-hybridized carbons (Fsp3) is 0.538. The number of anilines is 1. The average Bonchev–Trinajstić information content (AvgIpc) is 2.30. The smallest absolute Gasteiger partial charge is 0.119 e. The predicted molar refractivity (Wildman–Crippen MR) is 67.1 cm³/mol. The first-order valence-corrected chi connectivity index (χ1v) is 5.88. The lowest BCUT2D eigenvalue weighted by atomic mass is 9.94. The van der Waals surface area contributed by atoms with Gasteiger partial charge in [-0.2, -0.15) is 0 Å². The molecule has 3 nitrogen and oxygen atoms in total. The maximum Gasteiger partial charge on any atom is 0.119 e. The zero-order valence-corrected chi connectivity index (χ0v) is 10.0. The van der Waals surface area contributed by atoms with E-state index in [1.165, 1.54) is 16.8 Å². The minimum absolute atomic E-state index is 0.532. The molecule has 88 valence electrons. The molecule has 1 unspecified atom stereocenters. The summed E-state index contributed by atoms with van der Waals surface area (Å²) in [7, 11) is 1.72. The summed E-state index contributed by atoms with van der Waals surface area (Å²) < 4.78 is 5.29.